The molecule has 0 aliphatic heterocycles. The minimum Gasteiger partial charge on any atom is -0.337 e. The first-order valence-corrected chi connectivity index (χ1v) is 4.04. The summed E-state index contributed by atoms with van der Waals surface area (Å²) in [4.78, 5) is 11.4. The molecule has 0 spiro atoms. The number of hydrogen-bond acceptors (Lipinski definition) is 2. The van der Waals surface area contributed by atoms with E-state index in [1.54, 1.807) is 6.07 Å². The molecule has 1 unspecified atom stereocenters. The lowest BCUT2D eigenvalue weighted by Gasteiger charge is -2.08. The van der Waals surface area contributed by atoms with Crippen LogP contribution in [0.25, 0.3) is 0 Å². The molecule has 0 radical (unpaired) electrons. The van der Waals surface area contributed by atoms with Gasteiger partial charge in [0.05, 0.1) is 6.04 Å². The highest BCUT2D eigenvalue weighted by Crippen LogP contribution is 1.94. The van der Waals surface area contributed by atoms with Gasteiger partial charge in [0.25, 0.3) is 5.91 Å². The molecule has 4 nitrogen and oxygen atoms in total. The maximum atomic E-state index is 11.4. The Morgan fingerprint density at radius 1 is 1.92 bits per heavy atom. The van der Waals surface area contributed by atoms with Gasteiger partial charge in [-0.1, -0.05) is 12.8 Å². The van der Waals surface area contributed by atoms with Gasteiger partial charge in [-0.2, -0.15) is 5.10 Å². The Balaban J connectivity index is 2.57. The van der Waals surface area contributed by atoms with Gasteiger partial charge in [-0.15, -0.1) is 6.42 Å². The normalized spacial score (nSPS) is 11.7. The summed E-state index contributed by atoms with van der Waals surface area (Å²) in [5, 5.41) is 8.90. The number of terminal acetylenes is 1. The van der Waals surface area contributed by atoms with Crippen LogP contribution in [0.15, 0.2) is 12.3 Å². The molecule has 4 heteroatoms. The zero-order valence-electron chi connectivity index (χ0n) is 7.37. The summed E-state index contributed by atoms with van der Waals surface area (Å²) >= 11 is 0. The van der Waals surface area contributed by atoms with Crippen molar-refractivity contribution in [2.45, 2.75) is 19.4 Å². The van der Waals surface area contributed by atoms with Crippen LogP contribution in [-0.2, 0) is 0 Å². The molecule has 0 saturated heterocycles. The van der Waals surface area contributed by atoms with Crippen LogP contribution in [0.2, 0.25) is 0 Å². The second kappa shape index (κ2) is 4.31. The monoisotopic (exact) mass is 177 g/mol. The fourth-order valence-electron chi connectivity index (χ4n) is 0.880. The number of H-pyrrole nitrogens is 1. The molecule has 1 rings (SSSR count). The lowest BCUT2D eigenvalue weighted by atomic mass is 10.2. The average molecular weight is 177 g/mol. The van der Waals surface area contributed by atoms with Gasteiger partial charge in [0.1, 0.15) is 5.69 Å². The Hall–Kier alpha value is -1.76. The Bertz CT molecular complexity index is 310. The van der Waals surface area contributed by atoms with Gasteiger partial charge in [0, 0.05) is 6.20 Å². The first-order chi connectivity index (χ1) is 6.27. The molecule has 0 aromatic carbocycles. The maximum absolute atomic E-state index is 11.4. The zero-order valence-corrected chi connectivity index (χ0v) is 7.37. The first kappa shape index (κ1) is 9.33. The number of nitrogens with zero attached hydrogens (tertiary/aromatic N) is 1. The smallest absolute Gasteiger partial charge is 0.270 e. The second-order valence-electron chi connectivity index (χ2n) is 2.57. The van der Waals surface area contributed by atoms with Crippen LogP contribution in [0.1, 0.15) is 23.8 Å². The maximum Gasteiger partial charge on any atom is 0.270 e. The predicted molar refractivity (Wildman–Crippen MR) is 49.0 cm³/mol. The van der Waals surface area contributed by atoms with E-state index in [1.165, 1.54) is 6.20 Å². The molecular formula is C9H11N3O. The number of aromatic amines is 1. The van der Waals surface area contributed by atoms with Crippen LogP contribution in [0, 0.1) is 12.3 Å². The van der Waals surface area contributed by atoms with E-state index >= 15 is 0 Å². The largest absolute Gasteiger partial charge is 0.337 e. The second-order valence-corrected chi connectivity index (χ2v) is 2.57. The fraction of sp³-hybridized carbons (Fsp3) is 0.333. The third kappa shape index (κ3) is 2.34. The number of carbonyl (C=O) groups is 1. The fourth-order valence-corrected chi connectivity index (χ4v) is 0.880. The number of amides is 1. The van der Waals surface area contributed by atoms with Gasteiger partial charge < -0.3 is 5.32 Å². The minimum atomic E-state index is -0.220. The van der Waals surface area contributed by atoms with Crippen molar-refractivity contribution in [1.82, 2.24) is 15.5 Å². The van der Waals surface area contributed by atoms with Crippen LogP contribution in [0.5, 0.6) is 0 Å². The summed E-state index contributed by atoms with van der Waals surface area (Å²) in [6, 6.07) is 1.38. The number of carbonyl (C=O) groups excluding carboxylic acids is 1. The van der Waals surface area contributed by atoms with Crippen molar-refractivity contribution in [3.63, 3.8) is 0 Å². The Labute approximate surface area is 76.7 Å². The summed E-state index contributed by atoms with van der Waals surface area (Å²) in [5.74, 6) is 2.26. The summed E-state index contributed by atoms with van der Waals surface area (Å²) in [6.45, 7) is 1.91. The molecule has 68 valence electrons. The average Bonchev–Trinajstić information content (AvgIpc) is 2.66. The van der Waals surface area contributed by atoms with Crippen molar-refractivity contribution in [2.75, 3.05) is 0 Å². The quantitative estimate of drug-likeness (QED) is 0.662. The predicted octanol–water partition coefficient (Wildman–Crippen LogP) is 0.551. The number of nitrogens with one attached hydrogen (secondary N) is 2. The molecule has 13 heavy (non-hydrogen) atoms. The number of aromatic nitrogens is 2. The van der Waals surface area contributed by atoms with E-state index in [9.17, 15) is 4.79 Å². The molecular weight excluding hydrogens is 166 g/mol. The van der Waals surface area contributed by atoms with Gasteiger partial charge in [0.2, 0.25) is 0 Å². The SMILES string of the molecule is C#CC(CC)NC(=O)c1ccn[nH]1. The molecule has 0 aliphatic rings. The third-order valence-corrected chi connectivity index (χ3v) is 1.66. The molecule has 1 aromatic rings. The van der Waals surface area contributed by atoms with Crippen LogP contribution in [0.3, 0.4) is 0 Å². The summed E-state index contributed by atoms with van der Waals surface area (Å²) in [7, 11) is 0. The molecule has 1 atom stereocenters. The zero-order chi connectivity index (χ0) is 9.68. The first-order valence-electron chi connectivity index (χ1n) is 4.04. The van der Waals surface area contributed by atoms with Crippen molar-refractivity contribution in [2.24, 2.45) is 0 Å². The van der Waals surface area contributed by atoms with E-state index < -0.39 is 0 Å². The molecule has 1 heterocycles. The van der Waals surface area contributed by atoms with E-state index in [1.807, 2.05) is 6.92 Å². The molecule has 2 N–H and O–H groups in total. The molecule has 1 aromatic heterocycles. The highest BCUT2D eigenvalue weighted by atomic mass is 16.2. The lowest BCUT2D eigenvalue weighted by molar-refractivity contribution is 0.0940. The topological polar surface area (TPSA) is 57.8 Å². The summed E-state index contributed by atoms with van der Waals surface area (Å²) in [5.41, 5.74) is 0.425. The highest BCUT2D eigenvalue weighted by Gasteiger charge is 2.09. The van der Waals surface area contributed by atoms with Crippen LogP contribution >= 0.6 is 0 Å². The van der Waals surface area contributed by atoms with E-state index in [4.69, 9.17) is 6.42 Å². The van der Waals surface area contributed by atoms with Crippen molar-refractivity contribution in [3.05, 3.63) is 18.0 Å². The van der Waals surface area contributed by atoms with Crippen molar-refractivity contribution in [3.8, 4) is 12.3 Å². The third-order valence-electron chi connectivity index (χ3n) is 1.66. The van der Waals surface area contributed by atoms with Gasteiger partial charge in [-0.3, -0.25) is 9.89 Å². The van der Waals surface area contributed by atoms with Gasteiger partial charge >= 0.3 is 0 Å². The molecule has 1 amide bonds. The Kier molecular flexibility index (Phi) is 3.09. The van der Waals surface area contributed by atoms with Gasteiger partial charge in [0.15, 0.2) is 0 Å². The van der Waals surface area contributed by atoms with E-state index in [2.05, 4.69) is 21.4 Å². The molecule has 0 fully saturated rings. The van der Waals surface area contributed by atoms with Crippen molar-refractivity contribution >= 4 is 5.91 Å². The minimum absolute atomic E-state index is 0.212. The lowest BCUT2D eigenvalue weighted by Crippen LogP contribution is -2.33. The molecule has 0 saturated carbocycles. The van der Waals surface area contributed by atoms with Crippen molar-refractivity contribution in [1.29, 1.82) is 0 Å². The summed E-state index contributed by atoms with van der Waals surface area (Å²) in [6.07, 6.45) is 7.43. The molecule has 0 aliphatic carbocycles. The number of hydrogen-bond donors (Lipinski definition) is 2. The highest BCUT2D eigenvalue weighted by molar-refractivity contribution is 5.92. The van der Waals surface area contributed by atoms with E-state index in [0.29, 0.717) is 5.69 Å². The van der Waals surface area contributed by atoms with Crippen molar-refractivity contribution < 1.29 is 4.79 Å². The molecule has 0 bridgehead atoms. The van der Waals surface area contributed by atoms with Gasteiger partial charge in [-0.25, -0.2) is 0 Å². The Morgan fingerprint density at radius 2 is 2.69 bits per heavy atom. The van der Waals surface area contributed by atoms with Crippen LogP contribution in [0.4, 0.5) is 0 Å². The standard InChI is InChI=1S/C9H11N3O/c1-3-7(4-2)11-9(13)8-5-6-10-12-8/h1,5-7H,4H2,2H3,(H,10,12)(H,11,13). The van der Waals surface area contributed by atoms with E-state index in [0.717, 1.165) is 6.42 Å². The Morgan fingerprint density at radius 3 is 3.15 bits per heavy atom. The number of rotatable bonds is 3. The van der Waals surface area contributed by atoms with Crippen LogP contribution in [-0.4, -0.2) is 22.1 Å². The van der Waals surface area contributed by atoms with Gasteiger partial charge in [-0.05, 0) is 12.5 Å². The van der Waals surface area contributed by atoms with E-state index in [-0.39, 0.29) is 11.9 Å². The van der Waals surface area contributed by atoms with Crippen LogP contribution < -0.4 is 5.32 Å². The summed E-state index contributed by atoms with van der Waals surface area (Å²) < 4.78 is 0.